The average molecular weight is 317 g/mol. The maximum atomic E-state index is 12.3. The quantitative estimate of drug-likeness (QED) is 0.821. The van der Waals surface area contributed by atoms with Gasteiger partial charge in [-0.2, -0.15) is 8.78 Å². The number of nitrogens with one attached hydrogen (secondary N) is 2. The van der Waals surface area contributed by atoms with Crippen molar-refractivity contribution in [3.63, 3.8) is 0 Å². The molecule has 0 aromatic heterocycles. The van der Waals surface area contributed by atoms with Crippen LogP contribution in [0.3, 0.4) is 0 Å². The van der Waals surface area contributed by atoms with E-state index in [2.05, 4.69) is 15.4 Å². The maximum absolute atomic E-state index is 12.3. The summed E-state index contributed by atoms with van der Waals surface area (Å²) in [7, 11) is 0. The van der Waals surface area contributed by atoms with Crippen LogP contribution in [0.4, 0.5) is 8.78 Å². The minimum Gasteiger partial charge on any atom is -0.434 e. The number of ether oxygens (including phenoxy) is 1. The average Bonchev–Trinajstić information content (AvgIpc) is 2.47. The Bertz CT molecular complexity index is 550. The first-order valence-electron chi connectivity index (χ1n) is 6.47. The smallest absolute Gasteiger partial charge is 0.387 e. The van der Waals surface area contributed by atoms with Gasteiger partial charge in [0, 0.05) is 18.1 Å². The molecule has 114 valence electrons. The van der Waals surface area contributed by atoms with Crippen molar-refractivity contribution in [3.05, 3.63) is 40.4 Å². The highest BCUT2D eigenvalue weighted by atomic mass is 35.5. The second-order valence-corrected chi connectivity index (χ2v) is 4.95. The van der Waals surface area contributed by atoms with Gasteiger partial charge in [-0.3, -0.25) is 4.79 Å². The molecule has 1 aliphatic rings. The Morgan fingerprint density at radius 1 is 1.48 bits per heavy atom. The fourth-order valence-corrected chi connectivity index (χ4v) is 2.17. The topological polar surface area (TPSA) is 50.4 Å². The summed E-state index contributed by atoms with van der Waals surface area (Å²) in [5.74, 6) is -0.682. The molecule has 0 spiro atoms. The Labute approximate surface area is 126 Å². The van der Waals surface area contributed by atoms with Crippen molar-refractivity contribution < 1.29 is 18.3 Å². The van der Waals surface area contributed by atoms with Gasteiger partial charge < -0.3 is 15.4 Å². The highest BCUT2D eigenvalue weighted by Crippen LogP contribution is 2.24. The van der Waals surface area contributed by atoms with E-state index in [1.54, 1.807) is 0 Å². The first kappa shape index (κ1) is 15.7. The lowest BCUT2D eigenvalue weighted by Crippen LogP contribution is -2.30. The van der Waals surface area contributed by atoms with E-state index < -0.39 is 12.5 Å². The number of halogens is 3. The van der Waals surface area contributed by atoms with E-state index in [1.165, 1.54) is 18.2 Å². The first-order valence-corrected chi connectivity index (χ1v) is 6.85. The third-order valence-corrected chi connectivity index (χ3v) is 3.27. The van der Waals surface area contributed by atoms with Crippen molar-refractivity contribution in [2.75, 3.05) is 19.6 Å². The van der Waals surface area contributed by atoms with Crippen molar-refractivity contribution in [3.8, 4) is 5.75 Å². The Morgan fingerprint density at radius 2 is 2.29 bits per heavy atom. The summed E-state index contributed by atoms with van der Waals surface area (Å²) < 4.78 is 29.0. The predicted octanol–water partition coefficient (Wildman–Crippen LogP) is 2.59. The van der Waals surface area contributed by atoms with Crippen molar-refractivity contribution in [1.82, 2.24) is 10.6 Å². The van der Waals surface area contributed by atoms with Crippen molar-refractivity contribution in [2.24, 2.45) is 0 Å². The minimum atomic E-state index is -3.00. The Kier molecular flexibility index (Phi) is 5.52. The molecule has 0 saturated carbocycles. The van der Waals surface area contributed by atoms with Crippen molar-refractivity contribution >= 4 is 17.5 Å². The molecule has 0 radical (unpaired) electrons. The second kappa shape index (κ2) is 7.38. The van der Waals surface area contributed by atoms with Gasteiger partial charge in [0.25, 0.3) is 5.91 Å². The van der Waals surface area contributed by atoms with Gasteiger partial charge in [0.15, 0.2) is 0 Å². The van der Waals surface area contributed by atoms with E-state index >= 15 is 0 Å². The molecule has 1 aliphatic heterocycles. The summed E-state index contributed by atoms with van der Waals surface area (Å²) in [4.78, 5) is 12.1. The molecule has 0 atom stereocenters. The highest BCUT2D eigenvalue weighted by Gasteiger charge is 2.16. The van der Waals surface area contributed by atoms with Crippen LogP contribution in [-0.2, 0) is 0 Å². The number of alkyl halides is 2. The molecule has 1 amide bonds. The lowest BCUT2D eigenvalue weighted by molar-refractivity contribution is -0.0501. The Hall–Kier alpha value is -1.66. The summed E-state index contributed by atoms with van der Waals surface area (Å²) in [6.07, 6.45) is 2.84. The largest absolute Gasteiger partial charge is 0.434 e. The summed E-state index contributed by atoms with van der Waals surface area (Å²) >= 11 is 5.80. The Balaban J connectivity index is 2.06. The van der Waals surface area contributed by atoms with Crippen LogP contribution in [0.25, 0.3) is 0 Å². The molecule has 1 aromatic carbocycles. The lowest BCUT2D eigenvalue weighted by Gasteiger charge is -2.15. The van der Waals surface area contributed by atoms with E-state index in [9.17, 15) is 13.6 Å². The molecular weight excluding hydrogens is 302 g/mol. The van der Waals surface area contributed by atoms with Crippen LogP contribution in [0.15, 0.2) is 29.8 Å². The number of benzene rings is 1. The minimum absolute atomic E-state index is 0.00247. The van der Waals surface area contributed by atoms with Gasteiger partial charge in [0.05, 0.1) is 5.56 Å². The zero-order valence-corrected chi connectivity index (χ0v) is 11.9. The molecular formula is C14H15ClF2N2O2. The summed E-state index contributed by atoms with van der Waals surface area (Å²) in [5, 5.41) is 6.13. The lowest BCUT2D eigenvalue weighted by atomic mass is 10.1. The van der Waals surface area contributed by atoms with E-state index in [4.69, 9.17) is 11.6 Å². The van der Waals surface area contributed by atoms with E-state index in [1.807, 2.05) is 6.08 Å². The van der Waals surface area contributed by atoms with Gasteiger partial charge in [0.2, 0.25) is 0 Å². The van der Waals surface area contributed by atoms with Gasteiger partial charge in [-0.05, 0) is 31.2 Å². The molecule has 0 saturated heterocycles. The normalized spacial score (nSPS) is 14.8. The van der Waals surface area contributed by atoms with Gasteiger partial charge >= 0.3 is 6.61 Å². The number of amides is 1. The zero-order chi connectivity index (χ0) is 15.2. The Morgan fingerprint density at radius 3 is 2.95 bits per heavy atom. The van der Waals surface area contributed by atoms with Gasteiger partial charge in [-0.1, -0.05) is 23.3 Å². The van der Waals surface area contributed by atoms with Crippen LogP contribution < -0.4 is 15.4 Å². The summed E-state index contributed by atoms with van der Waals surface area (Å²) in [5.41, 5.74) is 1.10. The number of rotatable bonds is 5. The molecule has 0 unspecified atom stereocenters. The highest BCUT2D eigenvalue weighted by molar-refractivity contribution is 6.31. The van der Waals surface area contributed by atoms with Crippen molar-refractivity contribution in [2.45, 2.75) is 13.0 Å². The monoisotopic (exact) mass is 316 g/mol. The van der Waals surface area contributed by atoms with E-state index in [0.717, 1.165) is 25.1 Å². The van der Waals surface area contributed by atoms with E-state index in [-0.39, 0.29) is 16.3 Å². The predicted molar refractivity (Wildman–Crippen MR) is 76.0 cm³/mol. The van der Waals surface area contributed by atoms with Crippen LogP contribution in [0.5, 0.6) is 5.75 Å². The number of hydrogen-bond donors (Lipinski definition) is 2. The van der Waals surface area contributed by atoms with Crippen molar-refractivity contribution in [1.29, 1.82) is 0 Å². The molecule has 2 N–H and O–H groups in total. The molecule has 1 aromatic rings. The first-order chi connectivity index (χ1) is 10.1. The molecule has 2 rings (SSSR count). The fraction of sp³-hybridized carbons (Fsp3) is 0.357. The standard InChI is InChI=1S/C14H15ClF2N2O2/c15-10-1-2-12(21-14(16)17)11(7-10)13(20)19-8-9-3-5-18-6-4-9/h1-3,7,14,18H,4-6,8H2,(H,19,20). The molecule has 4 nitrogen and oxygen atoms in total. The van der Waals surface area contributed by atoms with E-state index in [0.29, 0.717) is 6.54 Å². The van der Waals surface area contributed by atoms with Crippen LogP contribution in [0.1, 0.15) is 16.8 Å². The number of carbonyl (C=O) groups excluding carboxylic acids is 1. The molecule has 0 aliphatic carbocycles. The fourth-order valence-electron chi connectivity index (χ4n) is 2.00. The molecule has 7 heteroatoms. The third kappa shape index (κ3) is 4.68. The SMILES string of the molecule is O=C(NCC1=CCNCC1)c1cc(Cl)ccc1OC(F)F. The molecule has 0 fully saturated rings. The van der Waals surface area contributed by atoms with Crippen LogP contribution >= 0.6 is 11.6 Å². The van der Waals surface area contributed by atoms with Gasteiger partial charge in [-0.25, -0.2) is 0 Å². The van der Waals surface area contributed by atoms with Crippen LogP contribution in [0, 0.1) is 0 Å². The number of carbonyl (C=O) groups is 1. The van der Waals surface area contributed by atoms with Crippen LogP contribution in [0.2, 0.25) is 5.02 Å². The molecule has 0 bridgehead atoms. The second-order valence-electron chi connectivity index (χ2n) is 4.52. The summed E-state index contributed by atoms with van der Waals surface area (Å²) in [6, 6.07) is 3.96. The maximum Gasteiger partial charge on any atom is 0.387 e. The number of hydrogen-bond acceptors (Lipinski definition) is 3. The summed E-state index contributed by atoms with van der Waals surface area (Å²) in [6.45, 7) is -0.994. The third-order valence-electron chi connectivity index (χ3n) is 3.04. The van der Waals surface area contributed by atoms with Gasteiger partial charge in [0.1, 0.15) is 5.75 Å². The molecule has 1 heterocycles. The van der Waals surface area contributed by atoms with Gasteiger partial charge in [-0.15, -0.1) is 0 Å². The zero-order valence-electron chi connectivity index (χ0n) is 11.2. The molecule has 21 heavy (non-hydrogen) atoms. The van der Waals surface area contributed by atoms with Crippen LogP contribution in [-0.4, -0.2) is 32.2 Å².